The van der Waals surface area contributed by atoms with Crippen LogP contribution in [0.3, 0.4) is 0 Å². The number of hydrogen-bond acceptors (Lipinski definition) is 4. The van der Waals surface area contributed by atoms with Crippen LogP contribution in [0, 0.1) is 0 Å². The summed E-state index contributed by atoms with van der Waals surface area (Å²) in [5, 5.41) is 0. The van der Waals surface area contributed by atoms with Crippen LogP contribution in [0.25, 0.3) is 0 Å². The van der Waals surface area contributed by atoms with E-state index in [1.54, 1.807) is 12.1 Å². The van der Waals surface area contributed by atoms with E-state index in [1.807, 2.05) is 6.92 Å². The maximum atomic E-state index is 12.1. The third kappa shape index (κ3) is 5.54. The van der Waals surface area contributed by atoms with Gasteiger partial charge in [-0.15, -0.1) is 0 Å². The van der Waals surface area contributed by atoms with Gasteiger partial charge in [-0.1, -0.05) is 31.3 Å². The van der Waals surface area contributed by atoms with E-state index in [1.165, 1.54) is 12.1 Å². The van der Waals surface area contributed by atoms with Crippen LogP contribution < -0.4 is 10.5 Å². The summed E-state index contributed by atoms with van der Waals surface area (Å²) in [5.74, 6) is 0. The second kappa shape index (κ2) is 8.31. The average Bonchev–Trinajstić information content (AvgIpc) is 2.43. The second-order valence-corrected chi connectivity index (χ2v) is 6.46. The van der Waals surface area contributed by atoms with Crippen LogP contribution in [0.1, 0.15) is 25.3 Å². The van der Waals surface area contributed by atoms with Gasteiger partial charge in [0, 0.05) is 25.3 Å². The van der Waals surface area contributed by atoms with Gasteiger partial charge in [0.1, 0.15) is 4.99 Å². The van der Waals surface area contributed by atoms with Gasteiger partial charge in [-0.25, -0.2) is 13.1 Å². The summed E-state index contributed by atoms with van der Waals surface area (Å²) >= 11 is 4.84. The van der Waals surface area contributed by atoms with Crippen molar-refractivity contribution in [3.63, 3.8) is 0 Å². The van der Waals surface area contributed by atoms with E-state index in [4.69, 9.17) is 22.7 Å². The molecular formula is C13H20N2O3S2. The Balaban J connectivity index is 2.56. The molecule has 20 heavy (non-hydrogen) atoms. The molecule has 0 amide bonds. The van der Waals surface area contributed by atoms with Crippen molar-refractivity contribution in [3.8, 4) is 0 Å². The van der Waals surface area contributed by atoms with E-state index in [9.17, 15) is 8.42 Å². The normalized spacial score (nSPS) is 11.4. The van der Waals surface area contributed by atoms with Crippen LogP contribution in [0.2, 0.25) is 0 Å². The fraction of sp³-hybridized carbons (Fsp3) is 0.462. The molecule has 3 N–H and O–H groups in total. The van der Waals surface area contributed by atoms with Gasteiger partial charge in [0.25, 0.3) is 0 Å². The van der Waals surface area contributed by atoms with Gasteiger partial charge in [0.15, 0.2) is 0 Å². The molecule has 0 atom stereocenters. The van der Waals surface area contributed by atoms with E-state index < -0.39 is 10.0 Å². The van der Waals surface area contributed by atoms with E-state index in [-0.39, 0.29) is 9.88 Å². The predicted molar refractivity (Wildman–Crippen MR) is 83.2 cm³/mol. The van der Waals surface area contributed by atoms with E-state index in [0.717, 1.165) is 6.42 Å². The highest BCUT2D eigenvalue weighted by Gasteiger charge is 2.14. The Bertz CT molecular complexity index is 544. The van der Waals surface area contributed by atoms with Crippen molar-refractivity contribution < 1.29 is 13.2 Å². The Morgan fingerprint density at radius 3 is 2.80 bits per heavy atom. The van der Waals surface area contributed by atoms with E-state index >= 15 is 0 Å². The molecule has 1 rings (SSSR count). The van der Waals surface area contributed by atoms with Crippen molar-refractivity contribution in [1.82, 2.24) is 4.72 Å². The monoisotopic (exact) mass is 316 g/mol. The lowest BCUT2D eigenvalue weighted by molar-refractivity contribution is 0.133. The molecule has 0 heterocycles. The Hall–Kier alpha value is -1.02. The number of rotatable bonds is 9. The summed E-state index contributed by atoms with van der Waals surface area (Å²) in [4.78, 5) is 0.340. The zero-order valence-corrected chi connectivity index (χ0v) is 13.1. The molecule has 0 unspecified atom stereocenters. The first kappa shape index (κ1) is 17.0. The standard InChI is InChI=1S/C13H20N2O3S2/c1-2-8-18-9-4-7-15-20(16,17)12-6-3-5-11(10-12)13(14)19/h3,5-6,10,15H,2,4,7-9H2,1H3,(H2,14,19). The summed E-state index contributed by atoms with van der Waals surface area (Å²) in [6, 6.07) is 6.28. The number of nitrogens with one attached hydrogen (secondary N) is 1. The van der Waals surface area contributed by atoms with Gasteiger partial charge >= 0.3 is 0 Å². The van der Waals surface area contributed by atoms with Crippen molar-refractivity contribution in [3.05, 3.63) is 29.8 Å². The predicted octanol–water partition coefficient (Wildman–Crippen LogP) is 1.42. The number of sulfonamides is 1. The molecule has 112 valence electrons. The van der Waals surface area contributed by atoms with Crippen LogP contribution in [0.15, 0.2) is 29.2 Å². The van der Waals surface area contributed by atoms with Gasteiger partial charge in [0.05, 0.1) is 4.90 Å². The molecule has 0 aliphatic heterocycles. The Kier molecular flexibility index (Phi) is 7.08. The summed E-state index contributed by atoms with van der Waals surface area (Å²) in [6.45, 7) is 3.60. The van der Waals surface area contributed by atoms with Gasteiger partial charge in [0.2, 0.25) is 10.0 Å². The lowest BCUT2D eigenvalue weighted by Crippen LogP contribution is -2.26. The van der Waals surface area contributed by atoms with Crippen LogP contribution >= 0.6 is 12.2 Å². The van der Waals surface area contributed by atoms with Crippen molar-refractivity contribution in [2.24, 2.45) is 5.73 Å². The van der Waals surface area contributed by atoms with Gasteiger partial charge in [-0.05, 0) is 25.0 Å². The van der Waals surface area contributed by atoms with Gasteiger partial charge in [-0.3, -0.25) is 0 Å². The number of hydrogen-bond donors (Lipinski definition) is 2. The number of thiocarbonyl (C=S) groups is 1. The molecule has 0 aliphatic rings. The van der Waals surface area contributed by atoms with Crippen LogP contribution in [-0.2, 0) is 14.8 Å². The minimum Gasteiger partial charge on any atom is -0.389 e. The smallest absolute Gasteiger partial charge is 0.240 e. The van der Waals surface area contributed by atoms with E-state index in [2.05, 4.69) is 4.72 Å². The fourth-order valence-corrected chi connectivity index (χ4v) is 2.77. The Labute approximate surface area is 125 Å². The average molecular weight is 316 g/mol. The van der Waals surface area contributed by atoms with Crippen molar-refractivity contribution >= 4 is 27.2 Å². The van der Waals surface area contributed by atoms with E-state index in [0.29, 0.717) is 31.7 Å². The summed E-state index contributed by atoms with van der Waals surface area (Å²) in [6.07, 6.45) is 1.59. The van der Waals surface area contributed by atoms with Crippen LogP contribution in [-0.4, -0.2) is 33.2 Å². The first-order chi connectivity index (χ1) is 9.47. The molecule has 0 fully saturated rings. The van der Waals surface area contributed by atoms with Gasteiger partial charge in [-0.2, -0.15) is 0 Å². The summed E-state index contributed by atoms with van der Waals surface area (Å²) < 4.78 is 31.9. The molecule has 0 aliphatic carbocycles. The first-order valence-electron chi connectivity index (χ1n) is 6.44. The quantitative estimate of drug-likeness (QED) is 0.532. The fourth-order valence-electron chi connectivity index (χ4n) is 1.53. The third-order valence-electron chi connectivity index (χ3n) is 2.53. The van der Waals surface area contributed by atoms with Crippen LogP contribution in [0.5, 0.6) is 0 Å². The maximum Gasteiger partial charge on any atom is 0.240 e. The highest BCUT2D eigenvalue weighted by Crippen LogP contribution is 2.11. The number of nitrogens with two attached hydrogens (primary N) is 1. The summed E-state index contributed by atoms with van der Waals surface area (Å²) in [7, 11) is -3.53. The zero-order chi connectivity index (χ0) is 15.0. The summed E-state index contributed by atoms with van der Waals surface area (Å²) in [5.41, 5.74) is 6.03. The highest BCUT2D eigenvalue weighted by atomic mass is 32.2. The second-order valence-electron chi connectivity index (χ2n) is 4.26. The number of ether oxygens (including phenoxy) is 1. The molecule has 7 heteroatoms. The lowest BCUT2D eigenvalue weighted by Gasteiger charge is -2.08. The topological polar surface area (TPSA) is 81.4 Å². The maximum absolute atomic E-state index is 12.1. The number of benzene rings is 1. The van der Waals surface area contributed by atoms with Crippen molar-refractivity contribution in [2.75, 3.05) is 19.8 Å². The molecule has 0 saturated carbocycles. The Morgan fingerprint density at radius 1 is 1.40 bits per heavy atom. The van der Waals surface area contributed by atoms with Crippen LogP contribution in [0.4, 0.5) is 0 Å². The molecule has 0 saturated heterocycles. The minimum atomic E-state index is -3.53. The largest absolute Gasteiger partial charge is 0.389 e. The third-order valence-corrected chi connectivity index (χ3v) is 4.23. The zero-order valence-electron chi connectivity index (χ0n) is 11.5. The lowest BCUT2D eigenvalue weighted by atomic mass is 10.2. The molecule has 0 aromatic heterocycles. The molecule has 0 spiro atoms. The molecule has 1 aromatic carbocycles. The van der Waals surface area contributed by atoms with Crippen molar-refractivity contribution in [2.45, 2.75) is 24.7 Å². The molecule has 5 nitrogen and oxygen atoms in total. The molecule has 0 radical (unpaired) electrons. The first-order valence-corrected chi connectivity index (χ1v) is 8.34. The van der Waals surface area contributed by atoms with Gasteiger partial charge < -0.3 is 10.5 Å². The Morgan fingerprint density at radius 2 is 2.15 bits per heavy atom. The molecule has 1 aromatic rings. The SMILES string of the molecule is CCCOCCCNS(=O)(=O)c1cccc(C(N)=S)c1. The molecule has 0 bridgehead atoms. The minimum absolute atomic E-state index is 0.164. The highest BCUT2D eigenvalue weighted by molar-refractivity contribution is 7.89. The molecular weight excluding hydrogens is 296 g/mol. The van der Waals surface area contributed by atoms with Crippen molar-refractivity contribution in [1.29, 1.82) is 0 Å².